The summed E-state index contributed by atoms with van der Waals surface area (Å²) >= 11 is 0. The van der Waals surface area contributed by atoms with Gasteiger partial charge in [-0.1, -0.05) is 12.1 Å². The summed E-state index contributed by atoms with van der Waals surface area (Å²) < 4.78 is 5.62. The Kier molecular flexibility index (Phi) is 5.44. The highest BCUT2D eigenvalue weighted by molar-refractivity contribution is 6.01. The molecule has 0 radical (unpaired) electrons. The lowest BCUT2D eigenvalue weighted by molar-refractivity contribution is -0.141. The summed E-state index contributed by atoms with van der Waals surface area (Å²) in [5.41, 5.74) is 0.719. The second kappa shape index (κ2) is 7.76. The van der Waals surface area contributed by atoms with Gasteiger partial charge in [0, 0.05) is 46.1 Å². The molecule has 0 spiro atoms. The molecule has 1 atom stereocenters. The van der Waals surface area contributed by atoms with Crippen LogP contribution < -0.4 is 9.64 Å². The first kappa shape index (κ1) is 18.2. The van der Waals surface area contributed by atoms with Gasteiger partial charge in [-0.25, -0.2) is 0 Å². The van der Waals surface area contributed by atoms with Crippen molar-refractivity contribution in [2.75, 3.05) is 44.2 Å². The molecule has 0 N–H and O–H groups in total. The molecule has 0 bridgehead atoms. The molecule has 0 saturated carbocycles. The molecule has 2 fully saturated rings. The Morgan fingerprint density at radius 3 is 2.42 bits per heavy atom. The topological polar surface area (TPSA) is 70.2 Å². The molecule has 2 heterocycles. The monoisotopic (exact) mass is 359 g/mol. The lowest BCUT2D eigenvalue weighted by atomic mass is 10.1. The third-order valence-corrected chi connectivity index (χ3v) is 4.97. The van der Waals surface area contributed by atoms with Crippen LogP contribution in [0.15, 0.2) is 24.3 Å². The SMILES string of the molecule is CCOc1ccccc1N1CC(C(=O)N2CCN(C(C)=O)CC2)CC1=O. The first-order valence-corrected chi connectivity index (χ1v) is 9.07. The first-order valence-electron chi connectivity index (χ1n) is 9.07. The van der Waals surface area contributed by atoms with Gasteiger partial charge in [-0.15, -0.1) is 0 Å². The molecule has 1 aromatic carbocycles. The van der Waals surface area contributed by atoms with Gasteiger partial charge in [-0.05, 0) is 19.1 Å². The fourth-order valence-electron chi connectivity index (χ4n) is 3.56. The standard InChI is InChI=1S/C19H25N3O4/c1-3-26-17-7-5-4-6-16(17)22-13-15(12-18(22)24)19(25)21-10-8-20(9-11-21)14(2)23/h4-7,15H,3,8-13H2,1-2H3. The van der Waals surface area contributed by atoms with Crippen molar-refractivity contribution in [3.8, 4) is 5.75 Å². The molecule has 1 aromatic rings. The Balaban J connectivity index is 1.66. The highest BCUT2D eigenvalue weighted by Gasteiger charge is 2.38. The Bertz CT molecular complexity index is 698. The van der Waals surface area contributed by atoms with E-state index in [1.165, 1.54) is 0 Å². The Hall–Kier alpha value is -2.57. The third kappa shape index (κ3) is 3.66. The maximum Gasteiger partial charge on any atom is 0.228 e. The van der Waals surface area contributed by atoms with Crippen LogP contribution in [0.5, 0.6) is 5.75 Å². The van der Waals surface area contributed by atoms with Crippen molar-refractivity contribution in [2.45, 2.75) is 20.3 Å². The van der Waals surface area contributed by atoms with Crippen LogP contribution in [0.25, 0.3) is 0 Å². The molecular formula is C19H25N3O4. The predicted octanol–water partition coefficient (Wildman–Crippen LogP) is 1.13. The third-order valence-electron chi connectivity index (χ3n) is 4.97. The van der Waals surface area contributed by atoms with E-state index in [1.807, 2.05) is 31.2 Å². The minimum absolute atomic E-state index is 0.00190. The zero-order chi connectivity index (χ0) is 18.7. The van der Waals surface area contributed by atoms with Crippen molar-refractivity contribution in [2.24, 2.45) is 5.92 Å². The summed E-state index contributed by atoms with van der Waals surface area (Å²) in [5, 5.41) is 0. The van der Waals surface area contributed by atoms with Crippen LogP contribution in [0.3, 0.4) is 0 Å². The van der Waals surface area contributed by atoms with Crippen LogP contribution in [-0.2, 0) is 14.4 Å². The Morgan fingerprint density at radius 2 is 1.77 bits per heavy atom. The van der Waals surface area contributed by atoms with Crippen molar-refractivity contribution < 1.29 is 19.1 Å². The van der Waals surface area contributed by atoms with E-state index >= 15 is 0 Å². The van der Waals surface area contributed by atoms with Crippen molar-refractivity contribution in [3.05, 3.63) is 24.3 Å². The van der Waals surface area contributed by atoms with E-state index in [4.69, 9.17) is 4.74 Å². The number of para-hydroxylation sites is 2. The van der Waals surface area contributed by atoms with Crippen molar-refractivity contribution in [3.63, 3.8) is 0 Å². The maximum atomic E-state index is 12.8. The number of ether oxygens (including phenoxy) is 1. The minimum atomic E-state index is -0.346. The van der Waals surface area contributed by atoms with Crippen LogP contribution in [-0.4, -0.2) is 66.9 Å². The second-order valence-corrected chi connectivity index (χ2v) is 6.64. The second-order valence-electron chi connectivity index (χ2n) is 6.64. The van der Waals surface area contributed by atoms with Gasteiger partial charge < -0.3 is 19.4 Å². The van der Waals surface area contributed by atoms with Crippen LogP contribution in [0.1, 0.15) is 20.3 Å². The lowest BCUT2D eigenvalue weighted by Gasteiger charge is -2.35. The summed E-state index contributed by atoms with van der Waals surface area (Å²) in [5.74, 6) is 0.287. The van der Waals surface area contributed by atoms with Gasteiger partial charge in [0.2, 0.25) is 17.7 Å². The van der Waals surface area contributed by atoms with Crippen molar-refractivity contribution in [1.82, 2.24) is 9.80 Å². The van der Waals surface area contributed by atoms with Gasteiger partial charge in [-0.3, -0.25) is 14.4 Å². The normalized spacial score (nSPS) is 20.5. The summed E-state index contributed by atoms with van der Waals surface area (Å²) in [6, 6.07) is 7.41. The van der Waals surface area contributed by atoms with Crippen molar-refractivity contribution in [1.29, 1.82) is 0 Å². The van der Waals surface area contributed by atoms with E-state index in [2.05, 4.69) is 0 Å². The fraction of sp³-hybridized carbons (Fsp3) is 0.526. The van der Waals surface area contributed by atoms with Crippen molar-refractivity contribution >= 4 is 23.4 Å². The summed E-state index contributed by atoms with van der Waals surface area (Å²) in [7, 11) is 0. The summed E-state index contributed by atoms with van der Waals surface area (Å²) in [4.78, 5) is 41.9. The van der Waals surface area contributed by atoms with Crippen LogP contribution >= 0.6 is 0 Å². The first-order chi connectivity index (χ1) is 12.5. The average molecular weight is 359 g/mol. The number of anilines is 1. The van der Waals surface area contributed by atoms with E-state index in [0.29, 0.717) is 45.1 Å². The smallest absolute Gasteiger partial charge is 0.228 e. The number of amides is 3. The zero-order valence-corrected chi connectivity index (χ0v) is 15.3. The van der Waals surface area contributed by atoms with Gasteiger partial charge in [-0.2, -0.15) is 0 Å². The predicted molar refractivity (Wildman–Crippen MR) is 96.9 cm³/mol. The van der Waals surface area contributed by atoms with E-state index in [-0.39, 0.29) is 30.1 Å². The molecule has 0 aliphatic carbocycles. The van der Waals surface area contributed by atoms with E-state index in [9.17, 15) is 14.4 Å². The minimum Gasteiger partial charge on any atom is -0.492 e. The quantitative estimate of drug-likeness (QED) is 0.808. The molecule has 3 amide bonds. The number of carbonyl (C=O) groups excluding carboxylic acids is 3. The Morgan fingerprint density at radius 1 is 1.12 bits per heavy atom. The van der Waals surface area contributed by atoms with Gasteiger partial charge in [0.05, 0.1) is 18.2 Å². The number of nitrogens with zero attached hydrogens (tertiary/aromatic N) is 3. The number of benzene rings is 1. The number of rotatable bonds is 4. The summed E-state index contributed by atoms with van der Waals surface area (Å²) in [6.45, 7) is 6.49. The molecule has 26 heavy (non-hydrogen) atoms. The number of hydrogen-bond acceptors (Lipinski definition) is 4. The molecule has 7 heteroatoms. The molecule has 2 saturated heterocycles. The maximum absolute atomic E-state index is 12.8. The molecule has 0 aromatic heterocycles. The molecule has 2 aliphatic heterocycles. The number of hydrogen-bond donors (Lipinski definition) is 0. The van der Waals surface area contributed by atoms with Crippen LogP contribution in [0, 0.1) is 5.92 Å². The molecule has 1 unspecified atom stereocenters. The lowest BCUT2D eigenvalue weighted by Crippen LogP contribution is -2.51. The molecule has 7 nitrogen and oxygen atoms in total. The van der Waals surface area contributed by atoms with Gasteiger partial charge in [0.25, 0.3) is 0 Å². The zero-order valence-electron chi connectivity index (χ0n) is 15.3. The van der Waals surface area contributed by atoms with Crippen LogP contribution in [0.4, 0.5) is 5.69 Å². The van der Waals surface area contributed by atoms with E-state index in [1.54, 1.807) is 21.6 Å². The number of piperazine rings is 1. The average Bonchev–Trinajstić information content (AvgIpc) is 3.03. The van der Waals surface area contributed by atoms with Gasteiger partial charge in [0.15, 0.2) is 0 Å². The van der Waals surface area contributed by atoms with Gasteiger partial charge in [0.1, 0.15) is 5.75 Å². The summed E-state index contributed by atoms with van der Waals surface area (Å²) in [6.07, 6.45) is 0.214. The Labute approximate surface area is 153 Å². The molecule has 140 valence electrons. The largest absolute Gasteiger partial charge is 0.492 e. The highest BCUT2D eigenvalue weighted by atomic mass is 16.5. The van der Waals surface area contributed by atoms with Crippen LogP contribution in [0.2, 0.25) is 0 Å². The van der Waals surface area contributed by atoms with E-state index < -0.39 is 0 Å². The molecule has 2 aliphatic rings. The van der Waals surface area contributed by atoms with Gasteiger partial charge >= 0.3 is 0 Å². The van der Waals surface area contributed by atoms with E-state index in [0.717, 1.165) is 5.69 Å². The molecular weight excluding hydrogens is 334 g/mol. The highest BCUT2D eigenvalue weighted by Crippen LogP contribution is 2.33. The fourth-order valence-corrected chi connectivity index (χ4v) is 3.56. The molecule has 3 rings (SSSR count). The number of carbonyl (C=O) groups is 3.